The van der Waals surface area contributed by atoms with E-state index in [0.29, 0.717) is 11.7 Å². The SMILES string of the molecule is CC(CC(N)=O)NC1=NCC(C2CC2)S1. The number of amides is 1. The smallest absolute Gasteiger partial charge is 0.219 e. The maximum atomic E-state index is 10.7. The lowest BCUT2D eigenvalue weighted by Crippen LogP contribution is -2.33. The van der Waals surface area contributed by atoms with Gasteiger partial charge in [0.1, 0.15) is 0 Å². The fourth-order valence-corrected chi connectivity index (χ4v) is 3.07. The molecule has 1 fully saturated rings. The van der Waals surface area contributed by atoms with Crippen molar-refractivity contribution in [2.45, 2.75) is 37.5 Å². The van der Waals surface area contributed by atoms with E-state index in [4.69, 9.17) is 5.73 Å². The second kappa shape index (κ2) is 4.43. The van der Waals surface area contributed by atoms with Gasteiger partial charge in [0.05, 0.1) is 6.54 Å². The van der Waals surface area contributed by atoms with Gasteiger partial charge in [0.2, 0.25) is 5.91 Å². The summed E-state index contributed by atoms with van der Waals surface area (Å²) in [5.74, 6) is 0.613. The Morgan fingerprint density at radius 1 is 1.73 bits per heavy atom. The van der Waals surface area contributed by atoms with Gasteiger partial charge in [-0.2, -0.15) is 0 Å². The van der Waals surface area contributed by atoms with Gasteiger partial charge in [-0.3, -0.25) is 9.79 Å². The number of amidine groups is 1. The summed E-state index contributed by atoms with van der Waals surface area (Å²) in [4.78, 5) is 15.1. The molecule has 2 rings (SSSR count). The molecule has 0 aromatic carbocycles. The normalized spacial score (nSPS) is 27.3. The number of rotatable bonds is 4. The van der Waals surface area contributed by atoms with E-state index in [1.165, 1.54) is 12.8 Å². The van der Waals surface area contributed by atoms with E-state index in [2.05, 4.69) is 10.3 Å². The Kier molecular flexibility index (Phi) is 3.19. The maximum absolute atomic E-state index is 10.7. The largest absolute Gasteiger partial charge is 0.370 e. The van der Waals surface area contributed by atoms with Crippen LogP contribution < -0.4 is 11.1 Å². The van der Waals surface area contributed by atoms with Gasteiger partial charge in [0, 0.05) is 17.7 Å². The number of carbonyl (C=O) groups is 1. The van der Waals surface area contributed by atoms with Crippen LogP contribution in [0.15, 0.2) is 4.99 Å². The lowest BCUT2D eigenvalue weighted by molar-refractivity contribution is -0.118. The molecule has 0 spiro atoms. The highest BCUT2D eigenvalue weighted by molar-refractivity contribution is 8.14. The quantitative estimate of drug-likeness (QED) is 0.743. The van der Waals surface area contributed by atoms with Crippen molar-refractivity contribution >= 4 is 22.8 Å². The van der Waals surface area contributed by atoms with Crippen LogP contribution in [0.1, 0.15) is 26.2 Å². The number of nitrogens with zero attached hydrogens (tertiary/aromatic N) is 1. The van der Waals surface area contributed by atoms with E-state index in [0.717, 1.165) is 17.6 Å². The molecule has 2 aliphatic rings. The molecule has 1 amide bonds. The van der Waals surface area contributed by atoms with Crippen molar-refractivity contribution in [3.05, 3.63) is 0 Å². The van der Waals surface area contributed by atoms with Gasteiger partial charge in [-0.25, -0.2) is 0 Å². The molecule has 0 radical (unpaired) electrons. The van der Waals surface area contributed by atoms with Gasteiger partial charge in [0.25, 0.3) is 0 Å². The molecule has 4 nitrogen and oxygen atoms in total. The van der Waals surface area contributed by atoms with Crippen LogP contribution in [0.25, 0.3) is 0 Å². The van der Waals surface area contributed by atoms with Crippen molar-refractivity contribution in [1.29, 1.82) is 0 Å². The summed E-state index contributed by atoms with van der Waals surface area (Å²) in [7, 11) is 0. The zero-order valence-electron chi connectivity index (χ0n) is 8.90. The zero-order chi connectivity index (χ0) is 10.8. The first-order valence-corrected chi connectivity index (χ1v) is 6.29. The van der Waals surface area contributed by atoms with Crippen molar-refractivity contribution in [3.63, 3.8) is 0 Å². The number of carbonyl (C=O) groups excluding carboxylic acids is 1. The van der Waals surface area contributed by atoms with Gasteiger partial charge >= 0.3 is 0 Å². The van der Waals surface area contributed by atoms with E-state index in [1.54, 1.807) is 0 Å². The predicted octanol–water partition coefficient (Wildman–Crippen LogP) is 0.721. The number of nitrogens with two attached hydrogens (primary N) is 1. The molecular formula is C10H17N3OS. The molecule has 1 aliphatic heterocycles. The van der Waals surface area contributed by atoms with Gasteiger partial charge in [-0.15, -0.1) is 0 Å². The third-order valence-electron chi connectivity index (χ3n) is 2.70. The van der Waals surface area contributed by atoms with E-state index < -0.39 is 0 Å². The predicted molar refractivity (Wildman–Crippen MR) is 62.8 cm³/mol. The zero-order valence-corrected chi connectivity index (χ0v) is 9.72. The van der Waals surface area contributed by atoms with Crippen LogP contribution in [0.4, 0.5) is 0 Å². The number of aliphatic imine (C=N–C) groups is 1. The molecule has 2 unspecified atom stereocenters. The molecule has 5 heteroatoms. The minimum Gasteiger partial charge on any atom is -0.370 e. The van der Waals surface area contributed by atoms with Crippen molar-refractivity contribution in [1.82, 2.24) is 5.32 Å². The molecule has 0 saturated heterocycles. The highest BCUT2D eigenvalue weighted by Crippen LogP contribution is 2.41. The Morgan fingerprint density at radius 2 is 2.47 bits per heavy atom. The van der Waals surface area contributed by atoms with Crippen molar-refractivity contribution < 1.29 is 4.79 Å². The number of thioether (sulfide) groups is 1. The van der Waals surface area contributed by atoms with Gasteiger partial charge < -0.3 is 11.1 Å². The van der Waals surface area contributed by atoms with Crippen LogP contribution in [0.2, 0.25) is 0 Å². The van der Waals surface area contributed by atoms with E-state index in [9.17, 15) is 4.79 Å². The van der Waals surface area contributed by atoms with E-state index in [-0.39, 0.29) is 11.9 Å². The van der Waals surface area contributed by atoms with Crippen LogP contribution in [0, 0.1) is 5.92 Å². The van der Waals surface area contributed by atoms with Crippen molar-refractivity contribution in [2.24, 2.45) is 16.6 Å². The highest BCUT2D eigenvalue weighted by atomic mass is 32.2. The van der Waals surface area contributed by atoms with Crippen LogP contribution >= 0.6 is 11.8 Å². The summed E-state index contributed by atoms with van der Waals surface area (Å²) in [6.45, 7) is 2.89. The minimum atomic E-state index is -0.266. The third kappa shape index (κ3) is 3.12. The monoisotopic (exact) mass is 227 g/mol. The van der Waals surface area contributed by atoms with Crippen LogP contribution in [-0.2, 0) is 4.79 Å². The van der Waals surface area contributed by atoms with Gasteiger partial charge in [-0.1, -0.05) is 11.8 Å². The standard InChI is InChI=1S/C10H17N3OS/c1-6(4-9(11)14)13-10-12-5-8(15-10)7-2-3-7/h6-8H,2-5H2,1H3,(H2,11,14)(H,12,13). The topological polar surface area (TPSA) is 67.5 Å². The number of hydrogen-bond donors (Lipinski definition) is 2. The Bertz CT molecular complexity index is 288. The molecule has 0 bridgehead atoms. The van der Waals surface area contributed by atoms with Crippen molar-refractivity contribution in [3.8, 4) is 0 Å². The summed E-state index contributed by atoms with van der Waals surface area (Å²) in [6.07, 6.45) is 3.09. The first kappa shape index (κ1) is 10.8. The Hall–Kier alpha value is -0.710. The molecular weight excluding hydrogens is 210 g/mol. The average Bonchev–Trinajstić information content (AvgIpc) is 2.87. The van der Waals surface area contributed by atoms with E-state index >= 15 is 0 Å². The summed E-state index contributed by atoms with van der Waals surface area (Å²) < 4.78 is 0. The molecule has 2 atom stereocenters. The molecule has 1 aliphatic carbocycles. The van der Waals surface area contributed by atoms with Crippen molar-refractivity contribution in [2.75, 3.05) is 6.54 Å². The number of hydrogen-bond acceptors (Lipinski definition) is 4. The first-order valence-electron chi connectivity index (χ1n) is 5.41. The summed E-state index contributed by atoms with van der Waals surface area (Å²) in [6, 6.07) is 0.0895. The molecule has 84 valence electrons. The molecule has 15 heavy (non-hydrogen) atoms. The lowest BCUT2D eigenvalue weighted by Gasteiger charge is -2.13. The van der Waals surface area contributed by atoms with Crippen LogP contribution in [-0.4, -0.2) is 28.9 Å². The summed E-state index contributed by atoms with van der Waals surface area (Å²) >= 11 is 1.82. The van der Waals surface area contributed by atoms with Crippen LogP contribution in [0.3, 0.4) is 0 Å². The summed E-state index contributed by atoms with van der Waals surface area (Å²) in [5, 5.41) is 4.90. The molecule has 0 aromatic heterocycles. The van der Waals surface area contributed by atoms with Gasteiger partial charge in [0.15, 0.2) is 5.17 Å². The molecule has 0 aromatic rings. The maximum Gasteiger partial charge on any atom is 0.219 e. The Morgan fingerprint density at radius 3 is 3.07 bits per heavy atom. The molecule has 3 N–H and O–H groups in total. The molecule has 1 heterocycles. The second-order valence-corrected chi connectivity index (χ2v) is 5.58. The first-order chi connectivity index (χ1) is 7.15. The minimum absolute atomic E-state index is 0.0895. The van der Waals surface area contributed by atoms with Crippen LogP contribution in [0.5, 0.6) is 0 Å². The fraction of sp³-hybridized carbons (Fsp3) is 0.800. The van der Waals surface area contributed by atoms with Gasteiger partial charge in [-0.05, 0) is 25.7 Å². The number of nitrogens with one attached hydrogen (secondary N) is 1. The highest BCUT2D eigenvalue weighted by Gasteiger charge is 2.35. The average molecular weight is 227 g/mol. The fourth-order valence-electron chi connectivity index (χ4n) is 1.75. The Labute approximate surface area is 94.1 Å². The summed E-state index contributed by atoms with van der Waals surface area (Å²) in [5.41, 5.74) is 5.13. The van der Waals surface area contributed by atoms with E-state index in [1.807, 2.05) is 18.7 Å². The second-order valence-electron chi connectivity index (χ2n) is 4.36. The Balaban J connectivity index is 1.73. The third-order valence-corrected chi connectivity index (χ3v) is 4.01. The lowest BCUT2D eigenvalue weighted by atomic mass is 10.2. The molecule has 1 saturated carbocycles. The number of primary amides is 1.